The third-order valence-electron chi connectivity index (χ3n) is 1.86. The van der Waals surface area contributed by atoms with E-state index >= 15 is 0 Å². The van der Waals surface area contributed by atoms with Gasteiger partial charge in [0, 0.05) is 19.5 Å². The van der Waals surface area contributed by atoms with Crippen molar-refractivity contribution in [2.45, 2.75) is 20.3 Å². The van der Waals surface area contributed by atoms with Crippen LogP contribution in [0.1, 0.15) is 20.3 Å². The molecule has 0 rings (SSSR count). The number of primary amides is 1. The van der Waals surface area contributed by atoms with E-state index in [0.29, 0.717) is 25.6 Å². The van der Waals surface area contributed by atoms with Gasteiger partial charge in [0.25, 0.3) is 0 Å². The number of hydrogen-bond donors (Lipinski definition) is 2. The molecule has 88 valence electrons. The zero-order chi connectivity index (χ0) is 11.8. The fraction of sp³-hybridized carbons (Fsp3) is 0.800. The molecule has 5 nitrogen and oxygen atoms in total. The summed E-state index contributed by atoms with van der Waals surface area (Å²) in [7, 11) is 1.79. The van der Waals surface area contributed by atoms with Gasteiger partial charge in [0.1, 0.15) is 0 Å². The average Bonchev–Trinajstić information content (AvgIpc) is 2.11. The summed E-state index contributed by atoms with van der Waals surface area (Å²) in [5.41, 5.74) is 5.00. The first kappa shape index (κ1) is 13.9. The zero-order valence-corrected chi connectivity index (χ0v) is 9.75. The van der Waals surface area contributed by atoms with E-state index in [9.17, 15) is 9.59 Å². The van der Waals surface area contributed by atoms with Crippen LogP contribution in [0.4, 0.5) is 0 Å². The predicted octanol–water partition coefficient (Wildman–Crippen LogP) is -0.434. The Morgan fingerprint density at radius 1 is 1.40 bits per heavy atom. The summed E-state index contributed by atoms with van der Waals surface area (Å²) >= 11 is 0. The van der Waals surface area contributed by atoms with E-state index in [1.54, 1.807) is 11.9 Å². The van der Waals surface area contributed by atoms with Gasteiger partial charge in [0.15, 0.2) is 0 Å². The molecule has 0 saturated heterocycles. The van der Waals surface area contributed by atoms with Gasteiger partial charge in [-0.15, -0.1) is 0 Å². The van der Waals surface area contributed by atoms with E-state index in [2.05, 4.69) is 5.32 Å². The van der Waals surface area contributed by atoms with E-state index in [1.165, 1.54) is 0 Å². The van der Waals surface area contributed by atoms with Crippen molar-refractivity contribution in [1.82, 2.24) is 10.2 Å². The molecule has 0 aromatic rings. The Labute approximate surface area is 91.0 Å². The number of amides is 2. The quantitative estimate of drug-likeness (QED) is 0.605. The first-order valence-electron chi connectivity index (χ1n) is 5.15. The number of carbonyl (C=O) groups excluding carboxylic acids is 2. The Hall–Kier alpha value is -1.10. The zero-order valence-electron chi connectivity index (χ0n) is 9.75. The topological polar surface area (TPSA) is 75.4 Å². The van der Waals surface area contributed by atoms with E-state index in [4.69, 9.17) is 5.73 Å². The molecule has 3 N–H and O–H groups in total. The first-order valence-corrected chi connectivity index (χ1v) is 5.15. The number of hydrogen-bond acceptors (Lipinski definition) is 3. The molecule has 5 heteroatoms. The van der Waals surface area contributed by atoms with Crippen molar-refractivity contribution in [3.63, 3.8) is 0 Å². The molecule has 0 aromatic carbocycles. The van der Waals surface area contributed by atoms with Crippen LogP contribution in [-0.4, -0.2) is 43.4 Å². The Morgan fingerprint density at radius 3 is 2.47 bits per heavy atom. The van der Waals surface area contributed by atoms with E-state index < -0.39 is 0 Å². The Kier molecular flexibility index (Phi) is 6.70. The third-order valence-corrected chi connectivity index (χ3v) is 1.86. The Bertz CT molecular complexity index is 217. The molecule has 2 amide bonds. The highest BCUT2D eigenvalue weighted by Crippen LogP contribution is 1.89. The maximum Gasteiger partial charge on any atom is 0.234 e. The SMILES string of the molecule is CC(C)CNC(=O)CN(C)CCC(N)=O. The standard InChI is InChI=1S/C10H21N3O2/c1-8(2)6-12-10(15)7-13(3)5-4-9(11)14/h8H,4-7H2,1-3H3,(H2,11,14)(H,12,15). The minimum Gasteiger partial charge on any atom is -0.370 e. The molecule has 0 heterocycles. The van der Waals surface area contributed by atoms with Gasteiger partial charge in [-0.1, -0.05) is 13.8 Å². The number of nitrogens with two attached hydrogens (primary N) is 1. The van der Waals surface area contributed by atoms with Crippen molar-refractivity contribution >= 4 is 11.8 Å². The highest BCUT2D eigenvalue weighted by molar-refractivity contribution is 5.78. The van der Waals surface area contributed by atoms with Crippen LogP contribution in [0.5, 0.6) is 0 Å². The van der Waals surface area contributed by atoms with E-state index in [1.807, 2.05) is 13.8 Å². The molecule has 0 fully saturated rings. The molecule has 0 unspecified atom stereocenters. The van der Waals surface area contributed by atoms with Crippen LogP contribution in [-0.2, 0) is 9.59 Å². The molecular formula is C10H21N3O2. The first-order chi connectivity index (χ1) is 6.91. The number of carbonyl (C=O) groups is 2. The van der Waals surface area contributed by atoms with Crippen LogP contribution in [0.25, 0.3) is 0 Å². The maximum absolute atomic E-state index is 11.3. The lowest BCUT2D eigenvalue weighted by Crippen LogP contribution is -2.37. The maximum atomic E-state index is 11.3. The summed E-state index contributed by atoms with van der Waals surface area (Å²) in [6.07, 6.45) is 0.286. The van der Waals surface area contributed by atoms with Crippen LogP contribution < -0.4 is 11.1 Å². The number of likely N-dealkylation sites (N-methyl/N-ethyl adjacent to an activating group) is 1. The van der Waals surface area contributed by atoms with Crippen LogP contribution in [0, 0.1) is 5.92 Å². The van der Waals surface area contributed by atoms with E-state index in [-0.39, 0.29) is 18.2 Å². The van der Waals surface area contributed by atoms with Gasteiger partial charge in [-0.2, -0.15) is 0 Å². The normalized spacial score (nSPS) is 10.7. The van der Waals surface area contributed by atoms with Crippen molar-refractivity contribution in [1.29, 1.82) is 0 Å². The van der Waals surface area contributed by atoms with Gasteiger partial charge in [-0.05, 0) is 13.0 Å². The summed E-state index contributed by atoms with van der Waals surface area (Å²) in [6.45, 7) is 5.58. The molecular weight excluding hydrogens is 194 g/mol. The fourth-order valence-electron chi connectivity index (χ4n) is 0.999. The van der Waals surface area contributed by atoms with Crippen molar-refractivity contribution in [2.75, 3.05) is 26.7 Å². The number of nitrogens with one attached hydrogen (secondary N) is 1. The van der Waals surface area contributed by atoms with Gasteiger partial charge in [-0.25, -0.2) is 0 Å². The second kappa shape index (κ2) is 7.23. The van der Waals surface area contributed by atoms with Crippen molar-refractivity contribution in [3.05, 3.63) is 0 Å². The monoisotopic (exact) mass is 215 g/mol. The van der Waals surface area contributed by atoms with Crippen LogP contribution in [0.3, 0.4) is 0 Å². The second-order valence-electron chi connectivity index (χ2n) is 4.15. The van der Waals surface area contributed by atoms with E-state index in [0.717, 1.165) is 0 Å². The second-order valence-corrected chi connectivity index (χ2v) is 4.15. The largest absolute Gasteiger partial charge is 0.370 e. The van der Waals surface area contributed by atoms with Gasteiger partial charge < -0.3 is 11.1 Å². The fourth-order valence-corrected chi connectivity index (χ4v) is 0.999. The smallest absolute Gasteiger partial charge is 0.234 e. The lowest BCUT2D eigenvalue weighted by molar-refractivity contribution is -0.123. The summed E-state index contributed by atoms with van der Waals surface area (Å²) in [4.78, 5) is 23.6. The highest BCUT2D eigenvalue weighted by atomic mass is 16.2. The summed E-state index contributed by atoms with van der Waals surface area (Å²) in [6, 6.07) is 0. The highest BCUT2D eigenvalue weighted by Gasteiger charge is 2.07. The van der Waals surface area contributed by atoms with Gasteiger partial charge in [-0.3, -0.25) is 14.5 Å². The van der Waals surface area contributed by atoms with Gasteiger partial charge in [0.05, 0.1) is 6.54 Å². The number of nitrogens with zero attached hydrogens (tertiary/aromatic N) is 1. The Morgan fingerprint density at radius 2 is 2.00 bits per heavy atom. The Balaban J connectivity index is 3.62. The summed E-state index contributed by atoms with van der Waals surface area (Å²) in [5, 5.41) is 2.80. The van der Waals surface area contributed by atoms with Gasteiger partial charge >= 0.3 is 0 Å². The minimum absolute atomic E-state index is 0.0179. The molecule has 0 atom stereocenters. The molecule has 0 aromatic heterocycles. The molecule has 0 spiro atoms. The van der Waals surface area contributed by atoms with Crippen molar-refractivity contribution in [3.8, 4) is 0 Å². The third kappa shape index (κ3) is 9.21. The van der Waals surface area contributed by atoms with Crippen LogP contribution >= 0.6 is 0 Å². The summed E-state index contributed by atoms with van der Waals surface area (Å²) in [5.74, 6) is 0.0879. The van der Waals surface area contributed by atoms with Crippen molar-refractivity contribution < 1.29 is 9.59 Å². The molecule has 0 aliphatic rings. The predicted molar refractivity (Wildman–Crippen MR) is 59.2 cm³/mol. The van der Waals surface area contributed by atoms with Crippen molar-refractivity contribution in [2.24, 2.45) is 11.7 Å². The summed E-state index contributed by atoms with van der Waals surface area (Å²) < 4.78 is 0. The lowest BCUT2D eigenvalue weighted by atomic mass is 10.2. The minimum atomic E-state index is -0.343. The molecule has 0 radical (unpaired) electrons. The molecule has 0 saturated carbocycles. The molecule has 0 aliphatic carbocycles. The average molecular weight is 215 g/mol. The van der Waals surface area contributed by atoms with Crippen LogP contribution in [0.15, 0.2) is 0 Å². The molecule has 0 aliphatic heterocycles. The molecule has 0 bridgehead atoms. The van der Waals surface area contributed by atoms with Gasteiger partial charge in [0.2, 0.25) is 11.8 Å². The van der Waals surface area contributed by atoms with Crippen LogP contribution in [0.2, 0.25) is 0 Å². The number of rotatable bonds is 7. The lowest BCUT2D eigenvalue weighted by Gasteiger charge is -2.15. The molecule has 15 heavy (non-hydrogen) atoms.